The Balaban J connectivity index is 2.43. The van der Waals surface area contributed by atoms with E-state index in [2.05, 4.69) is 0 Å². The number of carboxylic acids is 1. The summed E-state index contributed by atoms with van der Waals surface area (Å²) < 4.78 is 1.10. The van der Waals surface area contributed by atoms with Gasteiger partial charge in [-0.05, 0) is 29.3 Å². The van der Waals surface area contributed by atoms with E-state index in [1.54, 1.807) is 38.4 Å². The van der Waals surface area contributed by atoms with Crippen LogP contribution in [0.25, 0.3) is 11.1 Å². The molecule has 1 amide bonds. The Morgan fingerprint density at radius 1 is 1.17 bits per heavy atom. The van der Waals surface area contributed by atoms with E-state index in [0.717, 1.165) is 4.57 Å². The SMILES string of the molecule is CN(C)C(=O)c1ccc(-c2ccc(=O)n(CC(=O)O)c2)cc1Cl. The third kappa shape index (κ3) is 3.78. The van der Waals surface area contributed by atoms with Gasteiger partial charge in [-0.15, -0.1) is 0 Å². The third-order valence-corrected chi connectivity index (χ3v) is 3.54. The summed E-state index contributed by atoms with van der Waals surface area (Å²) in [7, 11) is 3.27. The number of halogens is 1. The molecule has 0 bridgehead atoms. The minimum absolute atomic E-state index is 0.211. The number of hydrogen-bond donors (Lipinski definition) is 1. The molecule has 0 fully saturated rings. The molecule has 120 valence electrons. The topological polar surface area (TPSA) is 79.6 Å². The number of carbonyl (C=O) groups is 2. The molecule has 0 aliphatic carbocycles. The van der Waals surface area contributed by atoms with Crippen molar-refractivity contribution < 1.29 is 14.7 Å². The van der Waals surface area contributed by atoms with Gasteiger partial charge < -0.3 is 14.6 Å². The van der Waals surface area contributed by atoms with Gasteiger partial charge >= 0.3 is 5.97 Å². The van der Waals surface area contributed by atoms with Gasteiger partial charge in [-0.2, -0.15) is 0 Å². The first-order valence-electron chi connectivity index (χ1n) is 6.73. The molecule has 0 atom stereocenters. The molecule has 1 aromatic heterocycles. The predicted molar refractivity (Wildman–Crippen MR) is 86.8 cm³/mol. The van der Waals surface area contributed by atoms with Crippen LogP contribution in [0.4, 0.5) is 0 Å². The van der Waals surface area contributed by atoms with Crippen molar-refractivity contribution in [3.63, 3.8) is 0 Å². The van der Waals surface area contributed by atoms with Crippen LogP contribution in [0.3, 0.4) is 0 Å². The van der Waals surface area contributed by atoms with E-state index in [4.69, 9.17) is 16.7 Å². The summed E-state index contributed by atoms with van der Waals surface area (Å²) >= 11 is 6.16. The van der Waals surface area contributed by atoms with Crippen molar-refractivity contribution in [3.8, 4) is 11.1 Å². The molecule has 0 radical (unpaired) electrons. The molecule has 0 spiro atoms. The summed E-state index contributed by atoms with van der Waals surface area (Å²) in [5.41, 5.74) is 1.29. The number of nitrogens with zero attached hydrogens (tertiary/aromatic N) is 2. The van der Waals surface area contributed by atoms with Crippen LogP contribution in [0.15, 0.2) is 41.3 Å². The lowest BCUT2D eigenvalue weighted by atomic mass is 10.0. The van der Waals surface area contributed by atoms with E-state index in [1.807, 2.05) is 0 Å². The van der Waals surface area contributed by atoms with Crippen LogP contribution < -0.4 is 5.56 Å². The first kappa shape index (κ1) is 16.8. The summed E-state index contributed by atoms with van der Waals surface area (Å²) in [5.74, 6) is -1.31. The van der Waals surface area contributed by atoms with Gasteiger partial charge in [0.15, 0.2) is 0 Å². The molecule has 2 rings (SSSR count). The summed E-state index contributed by atoms with van der Waals surface area (Å²) in [6, 6.07) is 7.80. The number of carbonyl (C=O) groups excluding carboxylic acids is 1. The van der Waals surface area contributed by atoms with Gasteiger partial charge in [-0.1, -0.05) is 17.7 Å². The first-order valence-corrected chi connectivity index (χ1v) is 7.11. The van der Waals surface area contributed by atoms with Crippen molar-refractivity contribution >= 4 is 23.5 Å². The number of amides is 1. The van der Waals surface area contributed by atoms with Gasteiger partial charge in [0, 0.05) is 26.4 Å². The lowest BCUT2D eigenvalue weighted by Crippen LogP contribution is -2.23. The van der Waals surface area contributed by atoms with Crippen molar-refractivity contribution in [1.82, 2.24) is 9.47 Å². The van der Waals surface area contributed by atoms with Gasteiger partial charge in [0.1, 0.15) is 6.54 Å². The zero-order valence-electron chi connectivity index (χ0n) is 12.6. The molecule has 0 saturated heterocycles. The molecule has 23 heavy (non-hydrogen) atoms. The van der Waals surface area contributed by atoms with Crippen LogP contribution in [0.5, 0.6) is 0 Å². The smallest absolute Gasteiger partial charge is 0.323 e. The number of rotatable bonds is 4. The predicted octanol–water partition coefficient (Wildman–Crippen LogP) is 1.96. The first-order chi connectivity index (χ1) is 10.8. The van der Waals surface area contributed by atoms with E-state index >= 15 is 0 Å². The summed E-state index contributed by atoms with van der Waals surface area (Å²) in [6.07, 6.45) is 1.45. The number of carboxylic acid groups (broad SMARTS) is 1. The van der Waals surface area contributed by atoms with Crippen LogP contribution in [0.1, 0.15) is 10.4 Å². The Morgan fingerprint density at radius 3 is 2.39 bits per heavy atom. The number of pyridine rings is 1. The van der Waals surface area contributed by atoms with Crippen LogP contribution in [-0.2, 0) is 11.3 Å². The van der Waals surface area contributed by atoms with Crippen LogP contribution in [0.2, 0.25) is 5.02 Å². The molecule has 2 aromatic rings. The molecule has 1 heterocycles. The Labute approximate surface area is 137 Å². The number of aromatic nitrogens is 1. The Hall–Kier alpha value is -2.60. The van der Waals surface area contributed by atoms with E-state index in [9.17, 15) is 14.4 Å². The lowest BCUT2D eigenvalue weighted by molar-refractivity contribution is -0.137. The average molecular weight is 335 g/mol. The number of benzene rings is 1. The van der Waals surface area contributed by atoms with Gasteiger partial charge in [0.2, 0.25) is 0 Å². The quantitative estimate of drug-likeness (QED) is 0.926. The highest BCUT2D eigenvalue weighted by atomic mass is 35.5. The Bertz CT molecular complexity index is 827. The monoisotopic (exact) mass is 334 g/mol. The molecular weight excluding hydrogens is 320 g/mol. The molecule has 0 aliphatic rings. The molecule has 0 aliphatic heterocycles. The highest BCUT2D eigenvalue weighted by Crippen LogP contribution is 2.25. The van der Waals surface area contributed by atoms with Crippen molar-refractivity contribution in [3.05, 3.63) is 57.5 Å². The second-order valence-electron chi connectivity index (χ2n) is 5.17. The fraction of sp³-hybridized carbons (Fsp3) is 0.188. The average Bonchev–Trinajstić information content (AvgIpc) is 2.48. The van der Waals surface area contributed by atoms with E-state index in [1.165, 1.54) is 17.2 Å². The highest BCUT2D eigenvalue weighted by molar-refractivity contribution is 6.34. The van der Waals surface area contributed by atoms with Crippen LogP contribution >= 0.6 is 11.6 Å². The van der Waals surface area contributed by atoms with Crippen molar-refractivity contribution in [1.29, 1.82) is 0 Å². The van der Waals surface area contributed by atoms with Crippen molar-refractivity contribution in [2.24, 2.45) is 0 Å². The molecule has 1 N–H and O–H groups in total. The minimum Gasteiger partial charge on any atom is -0.480 e. The van der Waals surface area contributed by atoms with Gasteiger partial charge in [-0.3, -0.25) is 14.4 Å². The minimum atomic E-state index is -1.10. The summed E-state index contributed by atoms with van der Waals surface area (Å²) in [6.45, 7) is -0.419. The summed E-state index contributed by atoms with van der Waals surface area (Å²) in [4.78, 5) is 35.8. The second kappa shape index (κ2) is 6.66. The molecule has 1 aromatic carbocycles. The van der Waals surface area contributed by atoms with Crippen LogP contribution in [0, 0.1) is 0 Å². The zero-order valence-corrected chi connectivity index (χ0v) is 13.4. The zero-order chi connectivity index (χ0) is 17.1. The lowest BCUT2D eigenvalue weighted by Gasteiger charge is -2.13. The van der Waals surface area contributed by atoms with E-state index in [-0.39, 0.29) is 10.9 Å². The normalized spacial score (nSPS) is 10.4. The number of hydrogen-bond acceptors (Lipinski definition) is 3. The Morgan fingerprint density at radius 2 is 1.83 bits per heavy atom. The van der Waals surface area contributed by atoms with Crippen molar-refractivity contribution in [2.75, 3.05) is 14.1 Å². The standard InChI is InChI=1S/C16H15ClN2O4/c1-18(2)16(23)12-5-3-10(7-13(12)17)11-4-6-14(20)19(8-11)9-15(21)22/h3-8H,9H2,1-2H3,(H,21,22). The highest BCUT2D eigenvalue weighted by Gasteiger charge is 2.13. The number of aliphatic carboxylic acids is 1. The fourth-order valence-electron chi connectivity index (χ4n) is 2.08. The van der Waals surface area contributed by atoms with Gasteiger partial charge in [0.25, 0.3) is 11.5 Å². The third-order valence-electron chi connectivity index (χ3n) is 3.23. The van der Waals surface area contributed by atoms with Gasteiger partial charge in [-0.25, -0.2) is 0 Å². The Kier molecular flexibility index (Phi) is 4.86. The molecule has 0 saturated carbocycles. The van der Waals surface area contributed by atoms with E-state index in [0.29, 0.717) is 16.7 Å². The molecule has 7 heteroatoms. The largest absolute Gasteiger partial charge is 0.480 e. The summed E-state index contributed by atoms with van der Waals surface area (Å²) in [5, 5.41) is 9.11. The van der Waals surface area contributed by atoms with Crippen LogP contribution in [-0.4, -0.2) is 40.5 Å². The molecular formula is C16H15ClN2O4. The maximum absolute atomic E-state index is 12.0. The maximum Gasteiger partial charge on any atom is 0.323 e. The molecule has 6 nitrogen and oxygen atoms in total. The molecule has 0 unspecified atom stereocenters. The van der Waals surface area contributed by atoms with Gasteiger partial charge in [0.05, 0.1) is 10.6 Å². The fourth-order valence-corrected chi connectivity index (χ4v) is 2.34. The second-order valence-corrected chi connectivity index (χ2v) is 5.58. The van der Waals surface area contributed by atoms with E-state index < -0.39 is 18.1 Å². The maximum atomic E-state index is 12.0. The van der Waals surface area contributed by atoms with Crippen molar-refractivity contribution in [2.45, 2.75) is 6.54 Å².